The molecule has 0 aliphatic heterocycles. The zero-order valence-corrected chi connectivity index (χ0v) is 8.55. The predicted octanol–water partition coefficient (Wildman–Crippen LogP) is 1.97. The molecule has 0 radical (unpaired) electrons. The highest BCUT2D eigenvalue weighted by atomic mass is 19.4. The largest absolute Gasteiger partial charge is 0.421 e. The first kappa shape index (κ1) is 13.2. The number of halogens is 4. The van der Waals surface area contributed by atoms with Crippen molar-refractivity contribution in [2.75, 3.05) is 17.6 Å². The van der Waals surface area contributed by atoms with Crippen LogP contribution in [0.2, 0.25) is 0 Å². The second-order valence-electron chi connectivity index (χ2n) is 3.23. The summed E-state index contributed by atoms with van der Waals surface area (Å²) in [4.78, 5) is 3.64. The summed E-state index contributed by atoms with van der Waals surface area (Å²) in [5.41, 5.74) is 5.70. The van der Waals surface area contributed by atoms with Gasteiger partial charge in [0.1, 0.15) is 5.82 Å². The Morgan fingerprint density at radius 3 is 2.71 bits per heavy atom. The number of nitrogens with one attached hydrogen (secondary N) is 2. The van der Waals surface area contributed by atoms with Gasteiger partial charge < -0.3 is 16.5 Å². The van der Waals surface area contributed by atoms with E-state index in [1.54, 1.807) is 0 Å². The number of hydrogen-bond acceptors (Lipinski definition) is 4. The molecule has 0 aromatic carbocycles. The second-order valence-corrected chi connectivity index (χ2v) is 3.23. The van der Waals surface area contributed by atoms with Gasteiger partial charge in [-0.1, -0.05) is 0 Å². The van der Waals surface area contributed by atoms with Crippen LogP contribution in [-0.2, 0) is 0 Å². The van der Waals surface area contributed by atoms with Crippen molar-refractivity contribution in [2.24, 2.45) is 0 Å². The van der Waals surface area contributed by atoms with Crippen molar-refractivity contribution >= 4 is 17.7 Å². The van der Waals surface area contributed by atoms with Gasteiger partial charge in [-0.25, -0.2) is 9.37 Å². The highest BCUT2D eigenvalue weighted by molar-refractivity contribution is 5.86. The van der Waals surface area contributed by atoms with E-state index in [1.165, 1.54) is 6.07 Å². The van der Waals surface area contributed by atoms with Gasteiger partial charge >= 0.3 is 6.18 Å². The van der Waals surface area contributed by atoms with Crippen molar-refractivity contribution < 1.29 is 17.6 Å². The Morgan fingerprint density at radius 2 is 2.18 bits per heavy atom. The van der Waals surface area contributed by atoms with E-state index < -0.39 is 18.9 Å². The van der Waals surface area contributed by atoms with Crippen molar-refractivity contribution in [1.29, 1.82) is 5.41 Å². The minimum Gasteiger partial charge on any atom is -0.384 e. The van der Waals surface area contributed by atoms with E-state index in [4.69, 9.17) is 11.1 Å². The van der Waals surface area contributed by atoms with Gasteiger partial charge in [0.2, 0.25) is 6.17 Å². The third-order valence-electron chi connectivity index (χ3n) is 1.94. The Bertz CT molecular complexity index is 404. The van der Waals surface area contributed by atoms with Crippen LogP contribution < -0.4 is 11.1 Å². The van der Waals surface area contributed by atoms with Gasteiger partial charge in [-0.05, 0) is 6.07 Å². The predicted molar refractivity (Wildman–Crippen MR) is 56.0 cm³/mol. The number of rotatable bonds is 4. The molecule has 4 nitrogen and oxygen atoms in total. The number of hydrogen-bond donors (Lipinski definition) is 3. The van der Waals surface area contributed by atoms with Crippen LogP contribution in [0.3, 0.4) is 0 Å². The van der Waals surface area contributed by atoms with E-state index >= 15 is 0 Å². The number of nitrogens with two attached hydrogens (primary N) is 1. The molecule has 1 rings (SSSR count). The van der Waals surface area contributed by atoms with Crippen LogP contribution in [0.1, 0.15) is 5.56 Å². The lowest BCUT2D eigenvalue weighted by atomic mass is 10.2. The van der Waals surface area contributed by atoms with Crippen LogP contribution in [0.5, 0.6) is 0 Å². The first-order valence-electron chi connectivity index (χ1n) is 4.55. The Balaban J connectivity index is 2.73. The summed E-state index contributed by atoms with van der Waals surface area (Å²) in [6.07, 6.45) is -5.84. The Morgan fingerprint density at radius 1 is 1.53 bits per heavy atom. The van der Waals surface area contributed by atoms with Gasteiger partial charge in [0.05, 0.1) is 18.4 Å². The van der Waals surface area contributed by atoms with E-state index in [1.807, 2.05) is 0 Å². The minimum absolute atomic E-state index is 0.126. The van der Waals surface area contributed by atoms with Crippen molar-refractivity contribution in [2.45, 2.75) is 12.3 Å². The zero-order chi connectivity index (χ0) is 13.1. The molecule has 0 aliphatic carbocycles. The molecule has 8 heteroatoms. The lowest BCUT2D eigenvalue weighted by Gasteiger charge is -2.14. The summed E-state index contributed by atoms with van der Waals surface area (Å²) in [7, 11) is 0. The topological polar surface area (TPSA) is 74.8 Å². The molecular formula is C9H10F4N4. The summed E-state index contributed by atoms with van der Waals surface area (Å²) in [5, 5.41) is 9.26. The van der Waals surface area contributed by atoms with Crippen molar-refractivity contribution in [3.63, 3.8) is 0 Å². The summed E-state index contributed by atoms with van der Waals surface area (Å²) < 4.78 is 48.3. The molecule has 0 spiro atoms. The van der Waals surface area contributed by atoms with Crippen LogP contribution in [0.4, 0.5) is 29.1 Å². The lowest BCUT2D eigenvalue weighted by molar-refractivity contribution is -0.176. The number of pyridine rings is 1. The van der Waals surface area contributed by atoms with Crippen LogP contribution in [0.15, 0.2) is 12.3 Å². The van der Waals surface area contributed by atoms with E-state index in [2.05, 4.69) is 10.3 Å². The monoisotopic (exact) mass is 250 g/mol. The molecule has 1 aromatic heterocycles. The molecular weight excluding hydrogens is 240 g/mol. The van der Waals surface area contributed by atoms with Gasteiger partial charge in [0.25, 0.3) is 0 Å². The SMILES string of the molecule is N=Cc1cc(N)ncc1NCC(F)C(F)(F)F. The summed E-state index contributed by atoms with van der Waals surface area (Å²) in [5.74, 6) is 0.127. The number of alkyl halides is 4. The normalized spacial score (nSPS) is 13.2. The molecule has 0 fully saturated rings. The van der Waals surface area contributed by atoms with Crippen LogP contribution >= 0.6 is 0 Å². The maximum atomic E-state index is 12.6. The summed E-state index contributed by atoms with van der Waals surface area (Å²) in [6.45, 7) is -0.935. The lowest BCUT2D eigenvalue weighted by Crippen LogP contribution is -2.31. The van der Waals surface area contributed by atoms with Crippen molar-refractivity contribution in [3.8, 4) is 0 Å². The quantitative estimate of drug-likeness (QED) is 0.565. The molecule has 0 saturated heterocycles. The molecule has 1 aromatic rings. The highest BCUT2D eigenvalue weighted by Gasteiger charge is 2.39. The van der Waals surface area contributed by atoms with E-state index in [0.717, 1.165) is 12.4 Å². The van der Waals surface area contributed by atoms with Crippen LogP contribution in [0, 0.1) is 5.41 Å². The van der Waals surface area contributed by atoms with E-state index in [9.17, 15) is 17.6 Å². The van der Waals surface area contributed by atoms with Gasteiger partial charge in [-0.3, -0.25) is 0 Å². The Labute approximate surface area is 94.3 Å². The molecule has 1 atom stereocenters. The van der Waals surface area contributed by atoms with Gasteiger partial charge in [0.15, 0.2) is 0 Å². The average Bonchev–Trinajstić information content (AvgIpc) is 2.25. The third-order valence-corrected chi connectivity index (χ3v) is 1.94. The van der Waals surface area contributed by atoms with Gasteiger partial charge in [-0.2, -0.15) is 13.2 Å². The van der Waals surface area contributed by atoms with Crippen LogP contribution in [0.25, 0.3) is 0 Å². The average molecular weight is 250 g/mol. The molecule has 0 aliphatic rings. The van der Waals surface area contributed by atoms with Gasteiger partial charge in [-0.15, -0.1) is 0 Å². The number of nitrogen functional groups attached to an aromatic ring is 1. The minimum atomic E-state index is -4.90. The molecule has 17 heavy (non-hydrogen) atoms. The maximum Gasteiger partial charge on any atom is 0.421 e. The Kier molecular flexibility index (Phi) is 3.87. The fourth-order valence-corrected chi connectivity index (χ4v) is 1.07. The fraction of sp³-hybridized carbons (Fsp3) is 0.333. The van der Waals surface area contributed by atoms with E-state index in [-0.39, 0.29) is 17.1 Å². The van der Waals surface area contributed by atoms with Crippen molar-refractivity contribution in [1.82, 2.24) is 4.98 Å². The first-order chi connectivity index (χ1) is 7.84. The molecule has 94 valence electrons. The van der Waals surface area contributed by atoms with Gasteiger partial charge in [0, 0.05) is 11.8 Å². The van der Waals surface area contributed by atoms with Crippen LogP contribution in [-0.4, -0.2) is 30.1 Å². The van der Waals surface area contributed by atoms with Crippen molar-refractivity contribution in [3.05, 3.63) is 17.8 Å². The molecule has 0 bridgehead atoms. The molecule has 1 unspecified atom stereocenters. The third kappa shape index (κ3) is 3.58. The highest BCUT2D eigenvalue weighted by Crippen LogP contribution is 2.23. The molecule has 0 amide bonds. The number of nitrogens with zero attached hydrogens (tertiary/aromatic N) is 1. The second kappa shape index (κ2) is 4.98. The molecule has 1 heterocycles. The standard InChI is InChI=1S/C9H10F4N4/c10-7(9(11,12)13)4-16-6-3-17-8(15)1-5(6)2-14/h1-3,7,14,16H,4H2,(H2,15,17). The zero-order valence-electron chi connectivity index (χ0n) is 8.55. The number of aromatic nitrogens is 1. The number of anilines is 2. The maximum absolute atomic E-state index is 12.6. The molecule has 4 N–H and O–H groups in total. The summed E-state index contributed by atoms with van der Waals surface area (Å²) in [6, 6.07) is 1.30. The smallest absolute Gasteiger partial charge is 0.384 e. The van der Waals surface area contributed by atoms with E-state index in [0.29, 0.717) is 0 Å². The Hall–Kier alpha value is -1.86. The summed E-state index contributed by atoms with van der Waals surface area (Å²) >= 11 is 0. The first-order valence-corrected chi connectivity index (χ1v) is 4.55. The molecule has 0 saturated carbocycles. The fourth-order valence-electron chi connectivity index (χ4n) is 1.07.